The number of rotatable bonds is 6. The molecule has 4 heteroatoms. The topological polar surface area (TPSA) is 29.3 Å². The van der Waals surface area contributed by atoms with E-state index in [2.05, 4.69) is 34.4 Å². The number of thiazole rings is 1. The maximum Gasteiger partial charge on any atom is 0.193 e. The van der Waals surface area contributed by atoms with E-state index in [0.717, 1.165) is 29.9 Å². The van der Waals surface area contributed by atoms with E-state index in [1.165, 1.54) is 31.4 Å². The van der Waals surface area contributed by atoms with E-state index in [1.807, 2.05) is 0 Å². The van der Waals surface area contributed by atoms with Crippen molar-refractivity contribution in [2.45, 2.75) is 45.1 Å². The van der Waals surface area contributed by atoms with Crippen molar-refractivity contribution in [1.82, 2.24) is 14.7 Å². The summed E-state index contributed by atoms with van der Waals surface area (Å²) in [4.78, 5) is 5.89. The molecule has 2 aromatic heterocycles. The van der Waals surface area contributed by atoms with Crippen molar-refractivity contribution in [3.05, 3.63) is 23.5 Å². The first kappa shape index (κ1) is 11.9. The summed E-state index contributed by atoms with van der Waals surface area (Å²) in [6.07, 6.45) is 11.0. The molecule has 0 aromatic carbocycles. The smallest absolute Gasteiger partial charge is 0.193 e. The minimum absolute atomic E-state index is 0.395. The van der Waals surface area contributed by atoms with Crippen LogP contribution < -0.4 is 5.32 Å². The van der Waals surface area contributed by atoms with Gasteiger partial charge >= 0.3 is 0 Å². The third-order valence-electron chi connectivity index (χ3n) is 4.66. The summed E-state index contributed by atoms with van der Waals surface area (Å²) >= 11 is 1.72. The monoisotopic (exact) mass is 275 g/mol. The molecule has 0 radical (unpaired) electrons. The largest absolute Gasteiger partial charge is 0.313 e. The number of imidazole rings is 1. The fourth-order valence-electron chi connectivity index (χ4n) is 3.07. The Morgan fingerprint density at radius 2 is 2.26 bits per heavy atom. The van der Waals surface area contributed by atoms with Gasteiger partial charge in [0.1, 0.15) is 0 Å². The Labute approximate surface area is 118 Å². The lowest BCUT2D eigenvalue weighted by Gasteiger charge is -2.29. The minimum atomic E-state index is 0.395. The molecule has 0 amide bonds. The van der Waals surface area contributed by atoms with Gasteiger partial charge in [-0.2, -0.15) is 0 Å². The van der Waals surface area contributed by atoms with Crippen LogP contribution in [0.1, 0.15) is 38.3 Å². The van der Waals surface area contributed by atoms with Crippen molar-refractivity contribution in [1.29, 1.82) is 0 Å². The van der Waals surface area contributed by atoms with Crippen LogP contribution in [0.4, 0.5) is 0 Å². The Morgan fingerprint density at radius 3 is 2.95 bits per heavy atom. The van der Waals surface area contributed by atoms with Gasteiger partial charge in [-0.15, -0.1) is 11.3 Å². The van der Waals surface area contributed by atoms with Gasteiger partial charge in [0.05, 0.1) is 5.69 Å². The molecule has 2 aromatic rings. The summed E-state index contributed by atoms with van der Waals surface area (Å²) in [6.45, 7) is 3.61. The van der Waals surface area contributed by atoms with Crippen LogP contribution in [0.2, 0.25) is 0 Å². The average Bonchev–Trinajstić information content (AvgIpc) is 3.27. The van der Waals surface area contributed by atoms with E-state index in [1.54, 1.807) is 11.3 Å². The second-order valence-electron chi connectivity index (χ2n) is 6.59. The molecule has 2 heterocycles. The van der Waals surface area contributed by atoms with Crippen LogP contribution in [0.15, 0.2) is 17.8 Å². The highest BCUT2D eigenvalue weighted by Crippen LogP contribution is 2.47. The summed E-state index contributed by atoms with van der Waals surface area (Å²) in [7, 11) is 0. The van der Waals surface area contributed by atoms with Gasteiger partial charge in [-0.3, -0.25) is 4.40 Å². The highest BCUT2D eigenvalue weighted by Gasteiger charge is 2.42. The van der Waals surface area contributed by atoms with Gasteiger partial charge < -0.3 is 5.32 Å². The van der Waals surface area contributed by atoms with Gasteiger partial charge in [-0.25, -0.2) is 4.98 Å². The van der Waals surface area contributed by atoms with E-state index < -0.39 is 0 Å². The molecule has 0 bridgehead atoms. The lowest BCUT2D eigenvalue weighted by Crippen LogP contribution is -2.36. The summed E-state index contributed by atoms with van der Waals surface area (Å²) in [5.41, 5.74) is 1.66. The van der Waals surface area contributed by atoms with Crippen LogP contribution >= 0.6 is 11.3 Å². The van der Waals surface area contributed by atoms with Gasteiger partial charge in [-0.1, -0.05) is 6.92 Å². The molecule has 0 aliphatic heterocycles. The molecular formula is C15H21N3S. The second kappa shape index (κ2) is 4.32. The van der Waals surface area contributed by atoms with E-state index in [0.29, 0.717) is 5.41 Å². The first-order valence-corrected chi connectivity index (χ1v) is 8.25. The zero-order chi connectivity index (χ0) is 12.9. The van der Waals surface area contributed by atoms with Crippen LogP contribution in [0.3, 0.4) is 0 Å². The Kier molecular flexibility index (Phi) is 2.71. The van der Waals surface area contributed by atoms with Crippen LogP contribution in [0, 0.1) is 11.3 Å². The van der Waals surface area contributed by atoms with Crippen molar-refractivity contribution in [3.63, 3.8) is 0 Å². The molecule has 0 saturated heterocycles. The third kappa shape index (κ3) is 2.43. The van der Waals surface area contributed by atoms with Gasteiger partial charge in [0.15, 0.2) is 4.96 Å². The molecular weight excluding hydrogens is 254 g/mol. The fourth-order valence-corrected chi connectivity index (χ4v) is 3.79. The van der Waals surface area contributed by atoms with Crippen molar-refractivity contribution in [2.75, 3.05) is 6.54 Å². The molecule has 3 nitrogen and oxygen atoms in total. The highest BCUT2D eigenvalue weighted by molar-refractivity contribution is 7.15. The first-order valence-electron chi connectivity index (χ1n) is 7.37. The lowest BCUT2D eigenvalue weighted by molar-refractivity contribution is 0.253. The first-order chi connectivity index (χ1) is 9.23. The van der Waals surface area contributed by atoms with E-state index in [-0.39, 0.29) is 0 Å². The molecule has 2 fully saturated rings. The van der Waals surface area contributed by atoms with E-state index in [4.69, 9.17) is 4.98 Å². The normalized spacial score (nSPS) is 22.8. The quantitative estimate of drug-likeness (QED) is 0.877. The Bertz CT molecular complexity index is 550. The Balaban J connectivity index is 1.51. The summed E-state index contributed by atoms with van der Waals surface area (Å²) in [5, 5.41) is 5.83. The highest BCUT2D eigenvalue weighted by atomic mass is 32.1. The fraction of sp³-hybridized carbons (Fsp3) is 0.667. The van der Waals surface area contributed by atoms with Crippen LogP contribution in [-0.4, -0.2) is 22.0 Å². The number of fused-ring (bicyclic) bond motifs is 1. The standard InChI is InChI=1S/C15H21N3S/c1-15(11-2-3-11,10-16-12-4-5-12)8-13-9-18-6-7-19-14(18)17-13/h6-7,9,11-12,16H,2-5,8,10H2,1H3. The molecule has 1 N–H and O–H groups in total. The SMILES string of the molecule is CC(CNC1CC1)(Cc1cn2ccsc2n1)C1CC1. The van der Waals surface area contributed by atoms with Gasteiger partial charge in [0.2, 0.25) is 0 Å². The molecule has 2 aliphatic rings. The number of hydrogen-bond acceptors (Lipinski definition) is 3. The van der Waals surface area contributed by atoms with E-state index >= 15 is 0 Å². The average molecular weight is 275 g/mol. The Morgan fingerprint density at radius 1 is 1.42 bits per heavy atom. The molecule has 2 aliphatic carbocycles. The number of aromatic nitrogens is 2. The third-order valence-corrected chi connectivity index (χ3v) is 5.43. The van der Waals surface area contributed by atoms with E-state index in [9.17, 15) is 0 Å². The van der Waals surface area contributed by atoms with Gasteiger partial charge in [0, 0.05) is 30.4 Å². The Hall–Kier alpha value is -0.870. The summed E-state index contributed by atoms with van der Waals surface area (Å²) in [6, 6.07) is 0.809. The molecule has 102 valence electrons. The van der Waals surface area contributed by atoms with Crippen molar-refractivity contribution in [2.24, 2.45) is 11.3 Å². The zero-order valence-corrected chi connectivity index (χ0v) is 12.2. The summed E-state index contributed by atoms with van der Waals surface area (Å²) in [5.74, 6) is 0.901. The second-order valence-corrected chi connectivity index (χ2v) is 7.46. The predicted molar refractivity (Wildman–Crippen MR) is 78.6 cm³/mol. The van der Waals surface area contributed by atoms with Crippen molar-refractivity contribution >= 4 is 16.3 Å². The molecule has 1 unspecified atom stereocenters. The van der Waals surface area contributed by atoms with Crippen LogP contribution in [0.25, 0.3) is 4.96 Å². The minimum Gasteiger partial charge on any atom is -0.313 e. The molecule has 1 atom stereocenters. The van der Waals surface area contributed by atoms with Gasteiger partial charge in [-0.05, 0) is 43.4 Å². The molecule has 2 saturated carbocycles. The van der Waals surface area contributed by atoms with Crippen LogP contribution in [-0.2, 0) is 6.42 Å². The van der Waals surface area contributed by atoms with Crippen molar-refractivity contribution < 1.29 is 0 Å². The summed E-state index contributed by atoms with van der Waals surface area (Å²) < 4.78 is 2.15. The van der Waals surface area contributed by atoms with Gasteiger partial charge in [0.25, 0.3) is 0 Å². The number of hydrogen-bond donors (Lipinski definition) is 1. The number of nitrogens with one attached hydrogen (secondary N) is 1. The van der Waals surface area contributed by atoms with Crippen LogP contribution in [0.5, 0.6) is 0 Å². The lowest BCUT2D eigenvalue weighted by atomic mass is 9.80. The predicted octanol–water partition coefficient (Wildman–Crippen LogP) is 3.11. The molecule has 19 heavy (non-hydrogen) atoms. The zero-order valence-electron chi connectivity index (χ0n) is 11.4. The number of nitrogens with zero attached hydrogens (tertiary/aromatic N) is 2. The molecule has 0 spiro atoms. The molecule has 4 rings (SSSR count). The maximum atomic E-state index is 4.76. The van der Waals surface area contributed by atoms with Crippen molar-refractivity contribution in [3.8, 4) is 0 Å². The maximum absolute atomic E-state index is 4.76.